The number of hydrogen-bond donors (Lipinski definition) is 2. The Labute approximate surface area is 244 Å². The molecule has 0 amide bonds. The summed E-state index contributed by atoms with van der Waals surface area (Å²) in [5, 5.41) is 14.0. The first-order valence-corrected chi connectivity index (χ1v) is 16.4. The maximum absolute atomic E-state index is 14.2. The van der Waals surface area contributed by atoms with Crippen LogP contribution in [0.2, 0.25) is 0 Å². The number of phenolic OH excluding ortho intramolecular Hbond substituents is 1. The topological polar surface area (TPSA) is 111 Å². The lowest BCUT2D eigenvalue weighted by Crippen LogP contribution is -2.37. The molecule has 1 aliphatic carbocycles. The third-order valence-corrected chi connectivity index (χ3v) is 9.10. The first-order valence-electron chi connectivity index (χ1n) is 14.8. The van der Waals surface area contributed by atoms with Gasteiger partial charge in [0.05, 0.1) is 18.3 Å². The minimum absolute atomic E-state index is 0.0217. The van der Waals surface area contributed by atoms with Gasteiger partial charge in [0.2, 0.25) is 0 Å². The second kappa shape index (κ2) is 14.4. The van der Waals surface area contributed by atoms with Gasteiger partial charge >= 0.3 is 19.2 Å². The van der Waals surface area contributed by atoms with Gasteiger partial charge in [-0.15, -0.1) is 0 Å². The van der Waals surface area contributed by atoms with Gasteiger partial charge in [-0.2, -0.15) is 0 Å². The van der Waals surface area contributed by atoms with Crippen LogP contribution in [0.5, 0.6) is 11.5 Å². The average molecular weight is 588 g/mol. The van der Waals surface area contributed by atoms with E-state index in [0.717, 1.165) is 54.4 Å². The van der Waals surface area contributed by atoms with Crippen molar-refractivity contribution in [3.05, 3.63) is 47.0 Å². The summed E-state index contributed by atoms with van der Waals surface area (Å²) in [5.41, 5.74) is 2.84. The van der Waals surface area contributed by atoms with Crippen LogP contribution in [-0.2, 0) is 25.3 Å². The number of carbonyl (C=O) groups is 2. The van der Waals surface area contributed by atoms with E-state index < -0.39 is 31.3 Å². The van der Waals surface area contributed by atoms with E-state index in [0.29, 0.717) is 17.9 Å². The number of esters is 1. The summed E-state index contributed by atoms with van der Waals surface area (Å²) in [6.07, 6.45) is 5.51. The zero-order chi connectivity index (χ0) is 30.3. The van der Waals surface area contributed by atoms with Crippen molar-refractivity contribution in [1.82, 2.24) is 5.09 Å². The Bertz CT molecular complexity index is 1270. The molecule has 0 heterocycles. The third kappa shape index (κ3) is 8.59. The number of unbranched alkanes of at least 4 members (excludes halogenated alkanes) is 2. The van der Waals surface area contributed by atoms with Gasteiger partial charge in [0.15, 0.2) is 0 Å². The van der Waals surface area contributed by atoms with E-state index in [2.05, 4.69) is 25.0 Å². The summed E-state index contributed by atoms with van der Waals surface area (Å²) in [7, 11) is -4.50. The summed E-state index contributed by atoms with van der Waals surface area (Å²) in [4.78, 5) is 25.7. The number of carbonyl (C=O) groups excluding carboxylic acids is 2. The van der Waals surface area contributed by atoms with Crippen LogP contribution in [0.25, 0.3) is 11.1 Å². The van der Waals surface area contributed by atoms with Gasteiger partial charge in [-0.25, -0.2) is 14.4 Å². The maximum Gasteiger partial charge on any atom is 0.424 e. The lowest BCUT2D eigenvalue weighted by atomic mass is 9.86. The monoisotopic (exact) mass is 587 g/mol. The van der Waals surface area contributed by atoms with Crippen molar-refractivity contribution in [3.8, 4) is 22.6 Å². The normalized spacial score (nSPS) is 16.1. The van der Waals surface area contributed by atoms with Crippen LogP contribution in [0.3, 0.4) is 0 Å². The highest BCUT2D eigenvalue weighted by Crippen LogP contribution is 2.53. The summed E-state index contributed by atoms with van der Waals surface area (Å²) < 4.78 is 30.7. The molecule has 41 heavy (non-hydrogen) atoms. The van der Waals surface area contributed by atoms with Crippen molar-refractivity contribution < 1.29 is 33.3 Å². The molecule has 3 rings (SSSR count). The molecule has 0 saturated heterocycles. The third-order valence-electron chi connectivity index (χ3n) is 7.31. The Morgan fingerprint density at radius 2 is 1.78 bits per heavy atom. The van der Waals surface area contributed by atoms with Gasteiger partial charge in [0.25, 0.3) is 0 Å². The Balaban J connectivity index is 2.16. The number of ether oxygens (including phenoxy) is 2. The second-order valence-corrected chi connectivity index (χ2v) is 13.2. The number of benzene rings is 2. The Hall–Kier alpha value is -2.83. The smallest absolute Gasteiger partial charge is 0.424 e. The molecule has 1 saturated carbocycles. The molecular formula is C32H46NO7P. The van der Waals surface area contributed by atoms with Crippen LogP contribution in [0, 0.1) is 12.8 Å². The second-order valence-electron chi connectivity index (χ2n) is 11.3. The van der Waals surface area contributed by atoms with Gasteiger partial charge in [0.1, 0.15) is 17.5 Å². The molecule has 1 fully saturated rings. The van der Waals surface area contributed by atoms with E-state index in [1.807, 2.05) is 19.1 Å². The summed E-state index contributed by atoms with van der Waals surface area (Å²) in [6.45, 7) is 12.7. The highest BCUT2D eigenvalue weighted by Gasteiger charge is 2.41. The minimum Gasteiger partial charge on any atom is -0.507 e. The van der Waals surface area contributed by atoms with E-state index in [9.17, 15) is 19.3 Å². The lowest BCUT2D eigenvalue weighted by molar-refractivity contribution is -0.149. The number of phenols is 1. The molecule has 0 radical (unpaired) electrons. The zero-order valence-electron chi connectivity index (χ0n) is 25.5. The van der Waals surface area contributed by atoms with Crippen molar-refractivity contribution >= 4 is 19.2 Å². The quantitative estimate of drug-likeness (QED) is 0.122. The summed E-state index contributed by atoms with van der Waals surface area (Å²) >= 11 is 0. The Morgan fingerprint density at radius 1 is 1.07 bits per heavy atom. The van der Waals surface area contributed by atoms with Crippen molar-refractivity contribution in [3.63, 3.8) is 0 Å². The molecule has 3 atom stereocenters. The standard InChI is InChI=1S/C32H46NO7P/c1-8-10-11-12-24-18-28(34)30(27-17-21(5)13-16-26(27)22(6)25-14-15-25)29(19-24)40-41(37,32(36)38-9-2)33-23(7)31(35)39-20(3)4/h13,16-20,22-23,25,34H,8-12,14-15H2,1-7H3,(H,33,37). The van der Waals surface area contributed by atoms with E-state index in [1.165, 1.54) is 6.92 Å². The fourth-order valence-electron chi connectivity index (χ4n) is 4.96. The van der Waals surface area contributed by atoms with E-state index >= 15 is 0 Å². The van der Waals surface area contributed by atoms with Crippen molar-refractivity contribution in [2.75, 3.05) is 6.61 Å². The first-order chi connectivity index (χ1) is 19.4. The highest BCUT2D eigenvalue weighted by atomic mass is 31.2. The number of aromatic hydroxyl groups is 1. The Morgan fingerprint density at radius 3 is 2.39 bits per heavy atom. The molecule has 2 aromatic carbocycles. The molecule has 0 spiro atoms. The molecule has 1 aliphatic rings. The Kier molecular flexibility index (Phi) is 11.5. The van der Waals surface area contributed by atoms with Crippen molar-refractivity contribution in [1.29, 1.82) is 0 Å². The van der Waals surface area contributed by atoms with E-state index in [-0.39, 0.29) is 24.0 Å². The maximum atomic E-state index is 14.2. The molecule has 9 heteroatoms. The molecule has 2 N–H and O–H groups in total. The molecule has 2 aromatic rings. The van der Waals surface area contributed by atoms with Crippen LogP contribution < -0.4 is 9.61 Å². The van der Waals surface area contributed by atoms with Gasteiger partial charge in [-0.05, 0) is 101 Å². The largest absolute Gasteiger partial charge is 0.507 e. The van der Waals surface area contributed by atoms with Crippen LogP contribution in [0.4, 0.5) is 4.79 Å². The number of hydrogen-bond acceptors (Lipinski definition) is 7. The van der Waals surface area contributed by atoms with Gasteiger partial charge < -0.3 is 19.1 Å². The molecule has 3 unspecified atom stereocenters. The predicted octanol–water partition coefficient (Wildman–Crippen LogP) is 8.27. The molecule has 0 aromatic heterocycles. The fourth-order valence-corrected chi connectivity index (χ4v) is 6.53. The van der Waals surface area contributed by atoms with E-state index in [4.69, 9.17) is 14.0 Å². The highest BCUT2D eigenvalue weighted by molar-refractivity contribution is 7.74. The first kappa shape index (κ1) is 32.7. The van der Waals surface area contributed by atoms with Gasteiger partial charge in [-0.3, -0.25) is 4.79 Å². The molecule has 0 bridgehead atoms. The number of nitrogens with one attached hydrogen (secondary N) is 1. The van der Waals surface area contributed by atoms with Crippen LogP contribution in [-0.4, -0.2) is 35.5 Å². The van der Waals surface area contributed by atoms with Crippen molar-refractivity contribution in [2.24, 2.45) is 5.92 Å². The molecular weight excluding hydrogens is 541 g/mol. The van der Waals surface area contributed by atoms with Crippen LogP contribution >= 0.6 is 7.52 Å². The zero-order valence-corrected chi connectivity index (χ0v) is 26.4. The van der Waals surface area contributed by atoms with Gasteiger partial charge in [-0.1, -0.05) is 50.5 Å². The lowest BCUT2D eigenvalue weighted by Gasteiger charge is -2.25. The van der Waals surface area contributed by atoms with Gasteiger partial charge in [0, 0.05) is 0 Å². The predicted molar refractivity (Wildman–Crippen MR) is 162 cm³/mol. The molecule has 226 valence electrons. The minimum atomic E-state index is -4.50. The average Bonchev–Trinajstić information content (AvgIpc) is 3.74. The fraction of sp³-hybridized carbons (Fsp3) is 0.562. The molecule has 8 nitrogen and oxygen atoms in total. The van der Waals surface area contributed by atoms with Crippen LogP contribution in [0.15, 0.2) is 30.3 Å². The summed E-state index contributed by atoms with van der Waals surface area (Å²) in [6, 6.07) is 8.43. The van der Waals surface area contributed by atoms with E-state index in [1.54, 1.807) is 32.9 Å². The summed E-state index contributed by atoms with van der Waals surface area (Å²) in [5.74, 6) is 0.189. The van der Waals surface area contributed by atoms with Crippen LogP contribution in [0.1, 0.15) is 96.3 Å². The number of aryl methyl sites for hydroxylation is 2. The number of rotatable bonds is 15. The van der Waals surface area contributed by atoms with Crippen molar-refractivity contribution in [2.45, 2.75) is 105 Å². The SMILES string of the molecule is CCCCCc1cc(O)c(-c2cc(C)ccc2C(C)C2CC2)c(OP(=O)(NC(C)C(=O)OC(C)C)C(=O)OCC)c1. The molecule has 0 aliphatic heterocycles.